The number of aromatic nitrogens is 1. The third-order valence-corrected chi connectivity index (χ3v) is 3.43. The summed E-state index contributed by atoms with van der Waals surface area (Å²) in [4.78, 5) is 18.4. The summed E-state index contributed by atoms with van der Waals surface area (Å²) in [5, 5.41) is 9.05. The van der Waals surface area contributed by atoms with Crippen LogP contribution in [0.4, 0.5) is 0 Å². The lowest BCUT2D eigenvalue weighted by molar-refractivity contribution is 0.0732. The average Bonchev–Trinajstić information content (AvgIpc) is 2.59. The number of carbonyl (C=O) groups is 1. The molecule has 0 saturated carbocycles. The third kappa shape index (κ3) is 3.43. The Morgan fingerprint density at radius 2 is 2.14 bits per heavy atom. The average molecular weight is 300 g/mol. The molecule has 116 valence electrons. The van der Waals surface area contributed by atoms with Crippen LogP contribution in [0.15, 0.2) is 42.6 Å². The minimum atomic E-state index is -0.114. The number of hydrogen-bond acceptors (Lipinski definition) is 4. The van der Waals surface area contributed by atoms with E-state index in [-0.39, 0.29) is 12.5 Å². The lowest BCUT2D eigenvalue weighted by Gasteiger charge is -2.20. The summed E-state index contributed by atoms with van der Waals surface area (Å²) in [5.41, 5.74) is 2.07. The third-order valence-electron chi connectivity index (χ3n) is 3.43. The van der Waals surface area contributed by atoms with E-state index in [0.29, 0.717) is 24.4 Å². The van der Waals surface area contributed by atoms with Gasteiger partial charge in [0.1, 0.15) is 5.75 Å². The molecule has 0 unspecified atom stereocenters. The van der Waals surface area contributed by atoms with E-state index >= 15 is 0 Å². The van der Waals surface area contributed by atoms with Crippen molar-refractivity contribution in [2.24, 2.45) is 0 Å². The summed E-state index contributed by atoms with van der Waals surface area (Å²) in [6.45, 7) is 2.70. The van der Waals surface area contributed by atoms with E-state index in [4.69, 9.17) is 9.84 Å². The molecule has 0 aliphatic carbocycles. The van der Waals surface area contributed by atoms with Crippen LogP contribution in [-0.4, -0.2) is 47.7 Å². The van der Waals surface area contributed by atoms with Crippen molar-refractivity contribution in [2.75, 3.05) is 26.8 Å². The zero-order valence-corrected chi connectivity index (χ0v) is 12.8. The molecule has 0 saturated heterocycles. The lowest BCUT2D eigenvalue weighted by Crippen LogP contribution is -2.33. The highest BCUT2D eigenvalue weighted by molar-refractivity contribution is 5.96. The normalized spacial score (nSPS) is 10.3. The maximum absolute atomic E-state index is 12.5. The molecule has 0 atom stereocenters. The summed E-state index contributed by atoms with van der Waals surface area (Å²) in [6.07, 6.45) is 1.70. The number of ether oxygens (including phenoxy) is 1. The van der Waals surface area contributed by atoms with E-state index in [0.717, 1.165) is 11.3 Å². The highest BCUT2D eigenvalue weighted by atomic mass is 16.5. The van der Waals surface area contributed by atoms with Crippen molar-refractivity contribution in [3.8, 4) is 17.0 Å². The lowest BCUT2D eigenvalue weighted by atomic mass is 10.0. The SMILES string of the molecule is CCN(CCO)C(=O)c1ccc(OC)c(-c2ccccn2)c1. The van der Waals surface area contributed by atoms with Gasteiger partial charge in [0.15, 0.2) is 0 Å². The molecule has 0 bridgehead atoms. The van der Waals surface area contributed by atoms with Gasteiger partial charge < -0.3 is 14.7 Å². The summed E-state index contributed by atoms with van der Waals surface area (Å²) in [7, 11) is 1.59. The van der Waals surface area contributed by atoms with Gasteiger partial charge in [0.05, 0.1) is 19.4 Å². The Hall–Kier alpha value is -2.40. The van der Waals surface area contributed by atoms with Gasteiger partial charge in [0.2, 0.25) is 0 Å². The quantitative estimate of drug-likeness (QED) is 0.888. The molecule has 0 radical (unpaired) electrons. The first kappa shape index (κ1) is 16.0. The van der Waals surface area contributed by atoms with E-state index in [1.54, 1.807) is 36.4 Å². The number of nitrogens with zero attached hydrogens (tertiary/aromatic N) is 2. The molecule has 0 fully saturated rings. The van der Waals surface area contributed by atoms with E-state index < -0.39 is 0 Å². The molecule has 1 aromatic heterocycles. The van der Waals surface area contributed by atoms with Gasteiger partial charge in [0.25, 0.3) is 5.91 Å². The number of methoxy groups -OCH3 is 1. The largest absolute Gasteiger partial charge is 0.496 e. The Morgan fingerprint density at radius 1 is 1.32 bits per heavy atom. The van der Waals surface area contributed by atoms with Crippen molar-refractivity contribution in [1.82, 2.24) is 9.88 Å². The second-order valence-corrected chi connectivity index (χ2v) is 4.74. The first-order valence-electron chi connectivity index (χ1n) is 7.20. The van der Waals surface area contributed by atoms with E-state index in [2.05, 4.69) is 4.98 Å². The van der Waals surface area contributed by atoms with Crippen molar-refractivity contribution >= 4 is 5.91 Å². The van der Waals surface area contributed by atoms with Gasteiger partial charge in [-0.15, -0.1) is 0 Å². The standard InChI is InChI=1S/C17H20N2O3/c1-3-19(10-11-20)17(21)13-7-8-16(22-2)14(12-13)15-6-4-5-9-18-15/h4-9,12,20H,3,10-11H2,1-2H3. The minimum Gasteiger partial charge on any atom is -0.496 e. The number of rotatable bonds is 6. The fourth-order valence-electron chi connectivity index (χ4n) is 2.27. The van der Waals surface area contributed by atoms with Crippen LogP contribution in [0, 0.1) is 0 Å². The van der Waals surface area contributed by atoms with Crippen LogP contribution >= 0.6 is 0 Å². The van der Waals surface area contributed by atoms with Gasteiger partial charge in [-0.2, -0.15) is 0 Å². The van der Waals surface area contributed by atoms with Gasteiger partial charge in [-0.1, -0.05) is 6.07 Å². The Kier molecular flexibility index (Phi) is 5.49. The molecule has 0 aliphatic rings. The highest BCUT2D eigenvalue weighted by Crippen LogP contribution is 2.29. The summed E-state index contributed by atoms with van der Waals surface area (Å²) in [6, 6.07) is 10.9. The van der Waals surface area contributed by atoms with Gasteiger partial charge >= 0.3 is 0 Å². The van der Waals surface area contributed by atoms with Gasteiger partial charge in [-0.25, -0.2) is 0 Å². The zero-order chi connectivity index (χ0) is 15.9. The number of amides is 1. The summed E-state index contributed by atoms with van der Waals surface area (Å²) < 4.78 is 5.36. The van der Waals surface area contributed by atoms with Crippen LogP contribution in [0.2, 0.25) is 0 Å². The molecule has 1 N–H and O–H groups in total. The monoisotopic (exact) mass is 300 g/mol. The maximum atomic E-state index is 12.5. The zero-order valence-electron chi connectivity index (χ0n) is 12.8. The molecule has 1 aromatic carbocycles. The molecule has 0 aliphatic heterocycles. The molecule has 1 heterocycles. The van der Waals surface area contributed by atoms with E-state index in [9.17, 15) is 4.79 Å². The Balaban J connectivity index is 2.41. The first-order valence-corrected chi connectivity index (χ1v) is 7.20. The van der Waals surface area contributed by atoms with Crippen molar-refractivity contribution < 1.29 is 14.6 Å². The molecule has 2 rings (SSSR count). The van der Waals surface area contributed by atoms with Crippen LogP contribution < -0.4 is 4.74 Å². The highest BCUT2D eigenvalue weighted by Gasteiger charge is 2.16. The molecule has 0 spiro atoms. The van der Waals surface area contributed by atoms with Crippen LogP contribution in [0.3, 0.4) is 0 Å². The fourth-order valence-corrected chi connectivity index (χ4v) is 2.27. The number of aliphatic hydroxyl groups is 1. The Bertz CT molecular complexity index is 629. The molecule has 1 amide bonds. The van der Waals surface area contributed by atoms with Crippen LogP contribution in [0.25, 0.3) is 11.3 Å². The number of carbonyl (C=O) groups excluding carboxylic acids is 1. The number of pyridine rings is 1. The number of benzene rings is 1. The van der Waals surface area contributed by atoms with Crippen molar-refractivity contribution in [2.45, 2.75) is 6.92 Å². The van der Waals surface area contributed by atoms with E-state index in [1.165, 1.54) is 0 Å². The minimum absolute atomic E-state index is 0.0527. The van der Waals surface area contributed by atoms with Crippen LogP contribution in [0.1, 0.15) is 17.3 Å². The Morgan fingerprint density at radius 3 is 2.73 bits per heavy atom. The summed E-state index contributed by atoms with van der Waals surface area (Å²) in [5.74, 6) is 0.553. The Labute approximate surface area is 130 Å². The van der Waals surface area contributed by atoms with Gasteiger partial charge in [-0.05, 0) is 37.3 Å². The van der Waals surface area contributed by atoms with Gasteiger partial charge in [-0.3, -0.25) is 9.78 Å². The van der Waals surface area contributed by atoms with E-state index in [1.807, 2.05) is 25.1 Å². The molecule has 2 aromatic rings. The number of aliphatic hydroxyl groups excluding tert-OH is 1. The fraction of sp³-hybridized carbons (Fsp3) is 0.294. The second-order valence-electron chi connectivity index (χ2n) is 4.74. The van der Waals surface area contributed by atoms with Crippen LogP contribution in [0.5, 0.6) is 5.75 Å². The van der Waals surface area contributed by atoms with Crippen LogP contribution in [-0.2, 0) is 0 Å². The predicted molar refractivity (Wildman–Crippen MR) is 84.9 cm³/mol. The topological polar surface area (TPSA) is 62.7 Å². The number of hydrogen-bond donors (Lipinski definition) is 1. The number of likely N-dealkylation sites (N-methyl/N-ethyl adjacent to an activating group) is 1. The smallest absolute Gasteiger partial charge is 0.253 e. The predicted octanol–water partition coefficient (Wildman–Crippen LogP) is 2.21. The van der Waals surface area contributed by atoms with Crippen molar-refractivity contribution in [1.29, 1.82) is 0 Å². The molecule has 22 heavy (non-hydrogen) atoms. The molecule has 5 heteroatoms. The second kappa shape index (κ2) is 7.56. The van der Waals surface area contributed by atoms with Crippen molar-refractivity contribution in [3.63, 3.8) is 0 Å². The first-order chi connectivity index (χ1) is 10.7. The molecular weight excluding hydrogens is 280 g/mol. The maximum Gasteiger partial charge on any atom is 0.253 e. The van der Waals surface area contributed by atoms with Crippen molar-refractivity contribution in [3.05, 3.63) is 48.2 Å². The molecule has 5 nitrogen and oxygen atoms in total. The van der Waals surface area contributed by atoms with Gasteiger partial charge in [0, 0.05) is 30.4 Å². The molecular formula is C17H20N2O3. The summed E-state index contributed by atoms with van der Waals surface area (Å²) >= 11 is 0.